The van der Waals surface area contributed by atoms with Gasteiger partial charge in [0, 0.05) is 19.1 Å². The average molecular weight is 214 g/mol. The summed E-state index contributed by atoms with van der Waals surface area (Å²) >= 11 is 0. The Morgan fingerprint density at radius 2 is 1.87 bits per heavy atom. The molecule has 2 atom stereocenters. The summed E-state index contributed by atoms with van der Waals surface area (Å²) < 4.78 is 5.29. The molecule has 0 bridgehead atoms. The number of aliphatic hydroxyl groups excluding tert-OH is 1. The largest absolute Gasteiger partial charge is 0.389 e. The summed E-state index contributed by atoms with van der Waals surface area (Å²) in [7, 11) is 4.29. The minimum Gasteiger partial charge on any atom is -0.389 e. The van der Waals surface area contributed by atoms with E-state index in [4.69, 9.17) is 4.74 Å². The maximum Gasteiger partial charge on any atom is 0.0950 e. The highest BCUT2D eigenvalue weighted by atomic mass is 16.5. The maximum atomic E-state index is 9.74. The van der Waals surface area contributed by atoms with E-state index in [1.165, 1.54) is 12.8 Å². The topological polar surface area (TPSA) is 35.9 Å². The quantitative estimate of drug-likeness (QED) is 0.689. The Kier molecular flexibility index (Phi) is 3.61. The lowest BCUT2D eigenvalue weighted by atomic mass is 10.0. The molecule has 0 unspecified atom stereocenters. The van der Waals surface area contributed by atoms with Gasteiger partial charge in [-0.15, -0.1) is 0 Å². The van der Waals surface area contributed by atoms with E-state index in [-0.39, 0.29) is 12.1 Å². The summed E-state index contributed by atoms with van der Waals surface area (Å²) in [6, 6.07) is 0.953. The number of hydrogen-bond acceptors (Lipinski definition) is 4. The molecule has 2 saturated heterocycles. The number of likely N-dealkylation sites (tertiary alicyclic amines) is 1. The molecule has 2 aliphatic rings. The van der Waals surface area contributed by atoms with Gasteiger partial charge in [-0.05, 0) is 26.9 Å². The molecule has 0 aromatic heterocycles. The highest BCUT2D eigenvalue weighted by Crippen LogP contribution is 2.20. The molecule has 0 spiro atoms. The van der Waals surface area contributed by atoms with Gasteiger partial charge in [-0.3, -0.25) is 4.90 Å². The summed E-state index contributed by atoms with van der Waals surface area (Å²) in [5, 5.41) is 9.74. The van der Waals surface area contributed by atoms with Crippen LogP contribution in [-0.4, -0.2) is 73.5 Å². The Morgan fingerprint density at radius 1 is 1.20 bits per heavy atom. The number of aliphatic hydroxyl groups is 1. The van der Waals surface area contributed by atoms with Crippen molar-refractivity contribution in [1.29, 1.82) is 0 Å². The highest BCUT2D eigenvalue weighted by molar-refractivity contribution is 4.87. The smallest absolute Gasteiger partial charge is 0.0950 e. The zero-order valence-corrected chi connectivity index (χ0v) is 9.72. The first kappa shape index (κ1) is 11.3. The SMILES string of the molecule is CN(C)C1CCN([C@@H]2COC[C@H]2O)CC1. The molecule has 2 aliphatic heterocycles. The molecule has 4 heteroatoms. The Bertz CT molecular complexity index is 203. The van der Waals surface area contributed by atoms with E-state index in [0.717, 1.165) is 13.1 Å². The number of ether oxygens (including phenoxy) is 1. The Balaban J connectivity index is 1.82. The fourth-order valence-corrected chi connectivity index (χ4v) is 2.61. The van der Waals surface area contributed by atoms with Crippen molar-refractivity contribution in [1.82, 2.24) is 9.80 Å². The van der Waals surface area contributed by atoms with E-state index in [2.05, 4.69) is 23.9 Å². The normalized spacial score (nSPS) is 35.2. The lowest BCUT2D eigenvalue weighted by Gasteiger charge is -2.38. The van der Waals surface area contributed by atoms with Gasteiger partial charge in [0.25, 0.3) is 0 Å². The zero-order chi connectivity index (χ0) is 10.8. The molecule has 2 rings (SSSR count). The molecule has 15 heavy (non-hydrogen) atoms. The van der Waals surface area contributed by atoms with Crippen LogP contribution in [0.4, 0.5) is 0 Å². The van der Waals surface area contributed by atoms with Gasteiger partial charge in [0.2, 0.25) is 0 Å². The van der Waals surface area contributed by atoms with Crippen molar-refractivity contribution in [3.05, 3.63) is 0 Å². The highest BCUT2D eigenvalue weighted by Gasteiger charge is 2.33. The molecule has 0 aromatic rings. The molecule has 0 saturated carbocycles. The Morgan fingerprint density at radius 3 is 2.33 bits per heavy atom. The molecule has 1 N–H and O–H groups in total. The van der Waals surface area contributed by atoms with Crippen molar-refractivity contribution in [2.75, 3.05) is 40.4 Å². The summed E-state index contributed by atoms with van der Waals surface area (Å²) in [6.07, 6.45) is 2.13. The van der Waals surface area contributed by atoms with Crippen LogP contribution in [0.15, 0.2) is 0 Å². The summed E-state index contributed by atoms with van der Waals surface area (Å²) in [4.78, 5) is 4.69. The van der Waals surface area contributed by atoms with E-state index in [1.807, 2.05) is 0 Å². The van der Waals surface area contributed by atoms with Crippen LogP contribution in [-0.2, 0) is 4.74 Å². The van der Waals surface area contributed by atoms with Crippen molar-refractivity contribution in [2.45, 2.75) is 31.0 Å². The van der Waals surface area contributed by atoms with Gasteiger partial charge in [0.05, 0.1) is 25.4 Å². The van der Waals surface area contributed by atoms with Crippen LogP contribution in [0.5, 0.6) is 0 Å². The van der Waals surface area contributed by atoms with Gasteiger partial charge in [-0.1, -0.05) is 0 Å². The molecule has 4 nitrogen and oxygen atoms in total. The molecule has 2 heterocycles. The molecule has 2 fully saturated rings. The third-order valence-electron chi connectivity index (χ3n) is 3.72. The van der Waals surface area contributed by atoms with E-state index >= 15 is 0 Å². The summed E-state index contributed by atoms with van der Waals surface area (Å²) in [5.74, 6) is 0. The molecule has 88 valence electrons. The minimum atomic E-state index is -0.277. The van der Waals surface area contributed by atoms with Crippen LogP contribution >= 0.6 is 0 Å². The van der Waals surface area contributed by atoms with Crippen molar-refractivity contribution >= 4 is 0 Å². The van der Waals surface area contributed by atoms with Gasteiger partial charge in [0.15, 0.2) is 0 Å². The number of hydrogen-bond donors (Lipinski definition) is 1. The van der Waals surface area contributed by atoms with E-state index < -0.39 is 0 Å². The predicted octanol–water partition coefficient (Wildman–Crippen LogP) is -0.228. The lowest BCUT2D eigenvalue weighted by Crippen LogP contribution is -2.50. The Hall–Kier alpha value is -0.160. The lowest BCUT2D eigenvalue weighted by molar-refractivity contribution is 0.0513. The predicted molar refractivity (Wildman–Crippen MR) is 58.9 cm³/mol. The van der Waals surface area contributed by atoms with Crippen LogP contribution in [0.2, 0.25) is 0 Å². The van der Waals surface area contributed by atoms with Crippen LogP contribution in [0.1, 0.15) is 12.8 Å². The molecule has 0 radical (unpaired) electrons. The molecular formula is C11H22N2O2. The second-order valence-electron chi connectivity index (χ2n) is 4.90. The monoisotopic (exact) mass is 214 g/mol. The fourth-order valence-electron chi connectivity index (χ4n) is 2.61. The second kappa shape index (κ2) is 4.78. The van der Waals surface area contributed by atoms with Gasteiger partial charge in [-0.25, -0.2) is 0 Å². The summed E-state index contributed by atoms with van der Waals surface area (Å²) in [5.41, 5.74) is 0. The molecule has 0 amide bonds. The number of rotatable bonds is 2. The Labute approximate surface area is 91.8 Å². The average Bonchev–Trinajstić information content (AvgIpc) is 2.65. The van der Waals surface area contributed by atoms with E-state index in [0.29, 0.717) is 19.3 Å². The number of piperidine rings is 1. The van der Waals surface area contributed by atoms with E-state index in [1.54, 1.807) is 0 Å². The van der Waals surface area contributed by atoms with Gasteiger partial charge < -0.3 is 14.7 Å². The third kappa shape index (κ3) is 2.50. The van der Waals surface area contributed by atoms with Crippen molar-refractivity contribution in [2.24, 2.45) is 0 Å². The van der Waals surface area contributed by atoms with E-state index in [9.17, 15) is 5.11 Å². The first-order valence-electron chi connectivity index (χ1n) is 5.85. The van der Waals surface area contributed by atoms with Crippen molar-refractivity contribution in [3.8, 4) is 0 Å². The van der Waals surface area contributed by atoms with Gasteiger partial charge in [0.1, 0.15) is 0 Å². The van der Waals surface area contributed by atoms with Crippen LogP contribution in [0.25, 0.3) is 0 Å². The number of nitrogens with zero attached hydrogens (tertiary/aromatic N) is 2. The molecule has 0 aliphatic carbocycles. The van der Waals surface area contributed by atoms with Crippen molar-refractivity contribution in [3.63, 3.8) is 0 Å². The minimum absolute atomic E-state index is 0.244. The maximum absolute atomic E-state index is 9.74. The first-order chi connectivity index (χ1) is 7.18. The molecular weight excluding hydrogens is 192 g/mol. The molecule has 0 aromatic carbocycles. The van der Waals surface area contributed by atoms with Crippen LogP contribution in [0.3, 0.4) is 0 Å². The van der Waals surface area contributed by atoms with Gasteiger partial charge >= 0.3 is 0 Å². The fraction of sp³-hybridized carbons (Fsp3) is 1.00. The zero-order valence-electron chi connectivity index (χ0n) is 9.72. The summed E-state index contributed by atoms with van der Waals surface area (Å²) in [6.45, 7) is 3.40. The third-order valence-corrected chi connectivity index (χ3v) is 3.72. The standard InChI is InChI=1S/C11H22N2O2/c1-12(2)9-3-5-13(6-4-9)10-7-15-8-11(10)14/h9-11,14H,3-8H2,1-2H3/t10-,11-/m1/s1. The van der Waals surface area contributed by atoms with Crippen LogP contribution < -0.4 is 0 Å². The van der Waals surface area contributed by atoms with Gasteiger partial charge in [-0.2, -0.15) is 0 Å². The van der Waals surface area contributed by atoms with Crippen LogP contribution in [0, 0.1) is 0 Å². The van der Waals surface area contributed by atoms with Crippen molar-refractivity contribution < 1.29 is 9.84 Å². The second-order valence-corrected chi connectivity index (χ2v) is 4.90. The first-order valence-corrected chi connectivity index (χ1v) is 5.85.